The first-order valence-electron chi connectivity index (χ1n) is 5.88. The van der Waals surface area contributed by atoms with Crippen molar-refractivity contribution in [3.63, 3.8) is 0 Å². The van der Waals surface area contributed by atoms with Gasteiger partial charge < -0.3 is 5.32 Å². The maximum absolute atomic E-state index is 4.58. The van der Waals surface area contributed by atoms with E-state index in [0.717, 1.165) is 36.9 Å². The summed E-state index contributed by atoms with van der Waals surface area (Å²) in [7, 11) is 0. The summed E-state index contributed by atoms with van der Waals surface area (Å²) < 4.78 is 2.07. The van der Waals surface area contributed by atoms with Crippen molar-refractivity contribution in [2.24, 2.45) is 4.99 Å². The Morgan fingerprint density at radius 1 is 1.44 bits per heavy atom. The van der Waals surface area contributed by atoms with Crippen LogP contribution in [0.3, 0.4) is 0 Å². The lowest BCUT2D eigenvalue weighted by Crippen LogP contribution is -2.39. The molecule has 1 aromatic rings. The summed E-state index contributed by atoms with van der Waals surface area (Å²) in [5.41, 5.74) is 5.52. The number of aryl methyl sites for hydroxylation is 2. The maximum atomic E-state index is 4.58. The third kappa shape index (κ3) is 1.89. The molecule has 2 rings (SSSR count). The van der Waals surface area contributed by atoms with Crippen molar-refractivity contribution in [3.05, 3.63) is 17.2 Å². The van der Waals surface area contributed by atoms with Crippen LogP contribution in [0.15, 0.2) is 4.99 Å². The van der Waals surface area contributed by atoms with E-state index in [1.807, 2.05) is 6.92 Å². The smallest absolute Gasteiger partial charge is 0.211 e. The molecule has 0 radical (unpaired) electrons. The molecule has 5 heteroatoms. The summed E-state index contributed by atoms with van der Waals surface area (Å²) in [6, 6.07) is 0. The number of aliphatic imine (C=N–C) groups is 1. The molecule has 1 aliphatic rings. The normalized spacial score (nSPS) is 14.1. The van der Waals surface area contributed by atoms with E-state index in [-0.39, 0.29) is 0 Å². The van der Waals surface area contributed by atoms with Gasteiger partial charge in [0.25, 0.3) is 0 Å². The Balaban J connectivity index is 2.25. The molecule has 0 fully saturated rings. The Morgan fingerprint density at radius 3 is 2.94 bits per heavy atom. The van der Waals surface area contributed by atoms with Crippen LogP contribution in [0.4, 0.5) is 0 Å². The lowest BCUT2D eigenvalue weighted by atomic mass is 10.3. The summed E-state index contributed by atoms with van der Waals surface area (Å²) in [4.78, 5) is 9.00. The third-order valence-electron chi connectivity index (χ3n) is 2.66. The van der Waals surface area contributed by atoms with Gasteiger partial charge in [-0.25, -0.2) is 14.7 Å². The van der Waals surface area contributed by atoms with Gasteiger partial charge in [0.15, 0.2) is 0 Å². The summed E-state index contributed by atoms with van der Waals surface area (Å²) in [5.74, 6) is 1.94. The first kappa shape index (κ1) is 11.0. The molecule has 0 saturated heterocycles. The van der Waals surface area contributed by atoms with Gasteiger partial charge in [0.1, 0.15) is 5.82 Å². The molecule has 0 unspecified atom stereocenters. The molecule has 2 N–H and O–H groups in total. The van der Waals surface area contributed by atoms with Gasteiger partial charge in [0.2, 0.25) is 5.96 Å². The van der Waals surface area contributed by atoms with Gasteiger partial charge in [-0.1, -0.05) is 6.92 Å². The van der Waals surface area contributed by atoms with Crippen LogP contribution in [-0.2, 0) is 13.0 Å². The van der Waals surface area contributed by atoms with Gasteiger partial charge in [-0.05, 0) is 20.3 Å². The molecule has 0 bridgehead atoms. The van der Waals surface area contributed by atoms with E-state index in [1.54, 1.807) is 0 Å². The fourth-order valence-electron chi connectivity index (χ4n) is 1.89. The van der Waals surface area contributed by atoms with E-state index in [2.05, 4.69) is 39.2 Å². The van der Waals surface area contributed by atoms with Gasteiger partial charge in [-0.3, -0.25) is 5.43 Å². The van der Waals surface area contributed by atoms with E-state index in [1.165, 1.54) is 5.69 Å². The number of imidazole rings is 1. The van der Waals surface area contributed by atoms with E-state index >= 15 is 0 Å². The van der Waals surface area contributed by atoms with Crippen LogP contribution in [0, 0.1) is 6.92 Å². The largest absolute Gasteiger partial charge is 0.355 e. The summed E-state index contributed by atoms with van der Waals surface area (Å²) in [5, 5.41) is 3.19. The van der Waals surface area contributed by atoms with E-state index in [0.29, 0.717) is 6.54 Å². The van der Waals surface area contributed by atoms with Crippen molar-refractivity contribution in [2.45, 2.75) is 40.2 Å². The van der Waals surface area contributed by atoms with Crippen molar-refractivity contribution in [1.29, 1.82) is 0 Å². The summed E-state index contributed by atoms with van der Waals surface area (Å²) in [6.07, 6.45) is 2.10. The Hall–Kier alpha value is -1.52. The average molecular weight is 221 g/mol. The minimum atomic E-state index is 0.706. The molecule has 16 heavy (non-hydrogen) atoms. The summed E-state index contributed by atoms with van der Waals surface area (Å²) >= 11 is 0. The summed E-state index contributed by atoms with van der Waals surface area (Å²) in [6.45, 7) is 7.85. The van der Waals surface area contributed by atoms with E-state index < -0.39 is 0 Å². The Labute approximate surface area is 95.9 Å². The van der Waals surface area contributed by atoms with Crippen LogP contribution in [0.25, 0.3) is 0 Å². The fraction of sp³-hybridized carbons (Fsp3) is 0.636. The minimum absolute atomic E-state index is 0.706. The SMILES string of the molecule is CCCc1nc(C)c2n1NC(NCC)=NC2. The first-order chi connectivity index (χ1) is 7.76. The molecule has 88 valence electrons. The molecule has 0 amide bonds. The second-order valence-corrected chi connectivity index (χ2v) is 3.95. The van der Waals surface area contributed by atoms with Gasteiger partial charge in [0.05, 0.1) is 17.9 Å². The second kappa shape index (κ2) is 4.55. The number of fused-ring (bicyclic) bond motifs is 1. The van der Waals surface area contributed by atoms with Gasteiger partial charge in [0, 0.05) is 13.0 Å². The average Bonchev–Trinajstić information content (AvgIpc) is 2.57. The standard InChI is InChI=1S/C11H19N5/c1-4-6-10-14-8(3)9-7-13-11(12-5-2)15-16(9)10/h4-7H2,1-3H3,(H2,12,13,15). The zero-order valence-electron chi connectivity index (χ0n) is 10.2. The monoisotopic (exact) mass is 221 g/mol. The lowest BCUT2D eigenvalue weighted by Gasteiger charge is -2.20. The van der Waals surface area contributed by atoms with Crippen molar-refractivity contribution >= 4 is 5.96 Å². The number of nitrogens with one attached hydrogen (secondary N) is 2. The predicted octanol–water partition coefficient (Wildman–Crippen LogP) is 1.17. The molecule has 1 aliphatic heterocycles. The van der Waals surface area contributed by atoms with Gasteiger partial charge in [-0.15, -0.1) is 0 Å². The van der Waals surface area contributed by atoms with Crippen molar-refractivity contribution in [2.75, 3.05) is 12.0 Å². The van der Waals surface area contributed by atoms with Crippen LogP contribution in [0.2, 0.25) is 0 Å². The van der Waals surface area contributed by atoms with Crippen LogP contribution in [0.5, 0.6) is 0 Å². The first-order valence-corrected chi connectivity index (χ1v) is 5.88. The highest BCUT2D eigenvalue weighted by Crippen LogP contribution is 2.15. The second-order valence-electron chi connectivity index (χ2n) is 3.95. The number of hydrogen-bond donors (Lipinski definition) is 2. The van der Waals surface area contributed by atoms with Crippen molar-refractivity contribution < 1.29 is 0 Å². The molecule has 0 aromatic carbocycles. The minimum Gasteiger partial charge on any atom is -0.355 e. The number of aromatic nitrogens is 2. The fourth-order valence-corrected chi connectivity index (χ4v) is 1.89. The number of guanidine groups is 1. The molecule has 0 aliphatic carbocycles. The topological polar surface area (TPSA) is 54.2 Å². The highest BCUT2D eigenvalue weighted by Gasteiger charge is 2.18. The molecule has 1 aromatic heterocycles. The maximum Gasteiger partial charge on any atom is 0.211 e. The Kier molecular flexibility index (Phi) is 3.12. The van der Waals surface area contributed by atoms with E-state index in [4.69, 9.17) is 0 Å². The van der Waals surface area contributed by atoms with Crippen LogP contribution in [-0.4, -0.2) is 22.2 Å². The lowest BCUT2D eigenvalue weighted by molar-refractivity contribution is 0.723. The molecular formula is C11H19N5. The zero-order valence-corrected chi connectivity index (χ0v) is 10.2. The molecule has 5 nitrogen and oxygen atoms in total. The highest BCUT2D eigenvalue weighted by atomic mass is 15.5. The van der Waals surface area contributed by atoms with Gasteiger partial charge >= 0.3 is 0 Å². The van der Waals surface area contributed by atoms with Crippen LogP contribution in [0.1, 0.15) is 37.5 Å². The number of hydrogen-bond acceptors (Lipinski definition) is 4. The highest BCUT2D eigenvalue weighted by molar-refractivity contribution is 5.88. The Bertz CT molecular complexity index is 405. The van der Waals surface area contributed by atoms with Crippen molar-refractivity contribution in [1.82, 2.24) is 15.0 Å². The molecule has 0 saturated carbocycles. The van der Waals surface area contributed by atoms with Crippen molar-refractivity contribution in [3.8, 4) is 0 Å². The van der Waals surface area contributed by atoms with E-state index in [9.17, 15) is 0 Å². The molecule has 0 atom stereocenters. The number of nitrogens with zero attached hydrogens (tertiary/aromatic N) is 3. The molecule has 2 heterocycles. The quantitative estimate of drug-likeness (QED) is 0.805. The third-order valence-corrected chi connectivity index (χ3v) is 2.66. The van der Waals surface area contributed by atoms with Crippen LogP contribution >= 0.6 is 0 Å². The van der Waals surface area contributed by atoms with Gasteiger partial charge in [-0.2, -0.15) is 0 Å². The number of rotatable bonds is 3. The molecular weight excluding hydrogens is 202 g/mol. The molecule has 0 spiro atoms. The Morgan fingerprint density at radius 2 is 2.25 bits per heavy atom. The zero-order chi connectivity index (χ0) is 11.5. The van der Waals surface area contributed by atoms with Crippen LogP contribution < -0.4 is 10.7 Å². The predicted molar refractivity (Wildman–Crippen MR) is 65.1 cm³/mol.